The van der Waals surface area contributed by atoms with Crippen molar-refractivity contribution in [3.05, 3.63) is 75.2 Å². The fourth-order valence-corrected chi connectivity index (χ4v) is 3.03. The van der Waals surface area contributed by atoms with Crippen molar-refractivity contribution in [2.45, 2.75) is 19.1 Å². The highest BCUT2D eigenvalue weighted by Gasteiger charge is 2.31. The average molecular weight is 367 g/mol. The summed E-state index contributed by atoms with van der Waals surface area (Å²) < 4.78 is 40.3. The van der Waals surface area contributed by atoms with Gasteiger partial charge in [-0.25, -0.2) is 0 Å². The van der Waals surface area contributed by atoms with Crippen LogP contribution in [0.1, 0.15) is 24.2 Å². The maximum absolute atomic E-state index is 13.0. The second kappa shape index (κ2) is 6.20. The molecule has 0 unspecified atom stereocenters. The van der Waals surface area contributed by atoms with E-state index in [1.165, 1.54) is 16.7 Å². The molecule has 0 spiro atoms. The fraction of sp³-hybridized carbons (Fsp3) is 0.167. The van der Waals surface area contributed by atoms with Gasteiger partial charge in [-0.1, -0.05) is 29.8 Å². The molecule has 25 heavy (non-hydrogen) atoms. The van der Waals surface area contributed by atoms with E-state index in [4.69, 9.17) is 17.3 Å². The van der Waals surface area contributed by atoms with E-state index < -0.39 is 23.3 Å². The minimum absolute atomic E-state index is 0.0916. The third kappa shape index (κ3) is 3.15. The first-order valence-corrected chi connectivity index (χ1v) is 7.85. The molecule has 0 aliphatic carbocycles. The highest BCUT2D eigenvalue weighted by Crippen LogP contribution is 2.31. The summed E-state index contributed by atoms with van der Waals surface area (Å²) in [6.45, 7) is 1.66. The standard InChI is InChI=1S/C18H14ClF3N2O/c1-10(23)15-8-11-4-2-7-14(19)16(11)17(25)24(15)13-6-3-5-12(9-13)18(20,21)22/h2-10H,23H2,1H3/t10-/m0/s1. The van der Waals surface area contributed by atoms with E-state index in [9.17, 15) is 18.0 Å². The van der Waals surface area contributed by atoms with Gasteiger partial charge in [-0.3, -0.25) is 9.36 Å². The van der Waals surface area contributed by atoms with Crippen LogP contribution >= 0.6 is 11.6 Å². The number of rotatable bonds is 2. The minimum Gasteiger partial charge on any atom is -0.323 e. The molecule has 3 rings (SSSR count). The van der Waals surface area contributed by atoms with E-state index in [0.29, 0.717) is 11.1 Å². The minimum atomic E-state index is -4.51. The van der Waals surface area contributed by atoms with Crippen molar-refractivity contribution in [1.29, 1.82) is 0 Å². The van der Waals surface area contributed by atoms with Crippen LogP contribution in [0.4, 0.5) is 13.2 Å². The average Bonchev–Trinajstić information content (AvgIpc) is 2.53. The molecule has 2 N–H and O–H groups in total. The van der Waals surface area contributed by atoms with E-state index in [1.807, 2.05) is 0 Å². The number of benzene rings is 2. The van der Waals surface area contributed by atoms with Gasteiger partial charge in [0.05, 0.1) is 16.0 Å². The molecule has 3 aromatic rings. The lowest BCUT2D eigenvalue weighted by atomic mass is 10.1. The van der Waals surface area contributed by atoms with Crippen molar-refractivity contribution in [3.8, 4) is 5.69 Å². The fourth-order valence-electron chi connectivity index (χ4n) is 2.76. The van der Waals surface area contributed by atoms with Crippen LogP contribution in [0, 0.1) is 0 Å². The molecule has 0 radical (unpaired) electrons. The van der Waals surface area contributed by atoms with Crippen molar-refractivity contribution in [2.75, 3.05) is 0 Å². The van der Waals surface area contributed by atoms with Crippen LogP contribution in [0.15, 0.2) is 53.3 Å². The predicted octanol–water partition coefficient (Wildman–Crippen LogP) is 4.68. The van der Waals surface area contributed by atoms with Gasteiger partial charge in [0.1, 0.15) is 0 Å². The second-order valence-electron chi connectivity index (χ2n) is 5.75. The van der Waals surface area contributed by atoms with Crippen molar-refractivity contribution in [1.82, 2.24) is 4.57 Å². The molecule has 1 aromatic heterocycles. The number of nitrogens with two attached hydrogens (primary N) is 1. The van der Waals surface area contributed by atoms with Crippen molar-refractivity contribution >= 4 is 22.4 Å². The SMILES string of the molecule is C[C@H](N)c1cc2cccc(Cl)c2c(=O)n1-c1cccc(C(F)(F)F)c1. The highest BCUT2D eigenvalue weighted by molar-refractivity contribution is 6.35. The molecule has 7 heteroatoms. The maximum Gasteiger partial charge on any atom is 0.416 e. The molecular weight excluding hydrogens is 353 g/mol. The lowest BCUT2D eigenvalue weighted by Gasteiger charge is -2.18. The Labute approximate surface area is 146 Å². The quantitative estimate of drug-likeness (QED) is 0.715. The van der Waals surface area contributed by atoms with Gasteiger partial charge in [-0.15, -0.1) is 0 Å². The van der Waals surface area contributed by atoms with Crippen molar-refractivity contribution in [3.63, 3.8) is 0 Å². The zero-order chi connectivity index (χ0) is 18.4. The molecule has 1 heterocycles. The third-order valence-electron chi connectivity index (χ3n) is 3.92. The summed E-state index contributed by atoms with van der Waals surface area (Å²) >= 11 is 6.13. The summed E-state index contributed by atoms with van der Waals surface area (Å²) in [5.74, 6) is 0. The molecular formula is C18H14ClF3N2O. The van der Waals surface area contributed by atoms with Gasteiger partial charge >= 0.3 is 6.18 Å². The largest absolute Gasteiger partial charge is 0.416 e. The van der Waals surface area contributed by atoms with E-state index >= 15 is 0 Å². The molecule has 0 amide bonds. The molecule has 0 saturated heterocycles. The van der Waals surface area contributed by atoms with E-state index in [1.54, 1.807) is 31.2 Å². The van der Waals surface area contributed by atoms with E-state index in [0.717, 1.165) is 12.1 Å². The van der Waals surface area contributed by atoms with Crippen LogP contribution in [0.2, 0.25) is 5.02 Å². The van der Waals surface area contributed by atoms with Crippen LogP contribution in [-0.2, 0) is 6.18 Å². The Balaban J connectivity index is 2.39. The lowest BCUT2D eigenvalue weighted by Crippen LogP contribution is -2.26. The van der Waals surface area contributed by atoms with Crippen LogP contribution in [0.25, 0.3) is 16.5 Å². The van der Waals surface area contributed by atoms with Gasteiger partial charge in [-0.05, 0) is 42.6 Å². The summed E-state index contributed by atoms with van der Waals surface area (Å²) in [7, 11) is 0. The highest BCUT2D eigenvalue weighted by atomic mass is 35.5. The Hall–Kier alpha value is -2.31. The third-order valence-corrected chi connectivity index (χ3v) is 4.24. The Kier molecular flexibility index (Phi) is 4.34. The molecule has 0 aliphatic rings. The summed E-state index contributed by atoms with van der Waals surface area (Å²) in [6, 6.07) is 10.7. The molecule has 0 saturated carbocycles. The molecule has 0 aliphatic heterocycles. The second-order valence-corrected chi connectivity index (χ2v) is 6.16. The van der Waals surface area contributed by atoms with Gasteiger partial charge in [0, 0.05) is 17.4 Å². The van der Waals surface area contributed by atoms with Crippen molar-refractivity contribution in [2.24, 2.45) is 5.73 Å². The number of fused-ring (bicyclic) bond motifs is 1. The number of aromatic nitrogens is 1. The van der Waals surface area contributed by atoms with Gasteiger partial charge in [0.15, 0.2) is 0 Å². The van der Waals surface area contributed by atoms with Gasteiger partial charge in [0.25, 0.3) is 5.56 Å². The molecule has 1 atom stereocenters. The Morgan fingerprint density at radius 1 is 1.12 bits per heavy atom. The zero-order valence-electron chi connectivity index (χ0n) is 13.1. The normalized spacial score (nSPS) is 13.2. The number of alkyl halides is 3. The number of pyridine rings is 1. The monoisotopic (exact) mass is 366 g/mol. The zero-order valence-corrected chi connectivity index (χ0v) is 13.9. The maximum atomic E-state index is 13.0. The van der Waals surface area contributed by atoms with E-state index in [2.05, 4.69) is 0 Å². The van der Waals surface area contributed by atoms with Crippen LogP contribution in [-0.4, -0.2) is 4.57 Å². The first-order chi connectivity index (χ1) is 11.7. The molecule has 2 aromatic carbocycles. The van der Waals surface area contributed by atoms with Gasteiger partial charge in [-0.2, -0.15) is 13.2 Å². The first-order valence-electron chi connectivity index (χ1n) is 7.47. The lowest BCUT2D eigenvalue weighted by molar-refractivity contribution is -0.137. The van der Waals surface area contributed by atoms with Crippen LogP contribution in [0.3, 0.4) is 0 Å². The Bertz CT molecular complexity index is 1010. The van der Waals surface area contributed by atoms with Crippen LogP contribution < -0.4 is 11.3 Å². The number of hydrogen-bond donors (Lipinski definition) is 1. The van der Waals surface area contributed by atoms with Crippen LogP contribution in [0.5, 0.6) is 0 Å². The molecule has 130 valence electrons. The Morgan fingerprint density at radius 2 is 1.80 bits per heavy atom. The van der Waals surface area contributed by atoms with Gasteiger partial charge < -0.3 is 5.73 Å². The van der Waals surface area contributed by atoms with Gasteiger partial charge in [0.2, 0.25) is 0 Å². The smallest absolute Gasteiger partial charge is 0.323 e. The Morgan fingerprint density at radius 3 is 2.44 bits per heavy atom. The molecule has 0 fully saturated rings. The molecule has 3 nitrogen and oxygen atoms in total. The predicted molar refractivity (Wildman–Crippen MR) is 92.2 cm³/mol. The van der Waals surface area contributed by atoms with E-state index in [-0.39, 0.29) is 16.1 Å². The topological polar surface area (TPSA) is 48.0 Å². The summed E-state index contributed by atoms with van der Waals surface area (Å²) in [4.78, 5) is 13.0. The number of nitrogens with zero attached hydrogens (tertiary/aromatic N) is 1. The summed E-state index contributed by atoms with van der Waals surface area (Å²) in [5, 5.41) is 1.07. The molecule has 0 bridgehead atoms. The summed E-state index contributed by atoms with van der Waals surface area (Å²) in [5.41, 5.74) is 5.11. The summed E-state index contributed by atoms with van der Waals surface area (Å²) in [6.07, 6.45) is -4.51. The number of halogens is 4. The first kappa shape index (κ1) is 17.5. The number of hydrogen-bond acceptors (Lipinski definition) is 2. The van der Waals surface area contributed by atoms with Crippen molar-refractivity contribution < 1.29 is 13.2 Å².